The van der Waals surface area contributed by atoms with E-state index in [0.29, 0.717) is 6.54 Å². The van der Waals surface area contributed by atoms with Crippen LogP contribution >= 0.6 is 0 Å². The van der Waals surface area contributed by atoms with Gasteiger partial charge < -0.3 is 14.7 Å². The normalized spacial score (nSPS) is 12.8. The standard InChI is InChI=1S/C13H21NO2/c1-4-8-14(2)10-13(15)11-6-5-7-12(9-11)16-3/h5-7,9,13,15H,4,8,10H2,1-3H3. The van der Waals surface area contributed by atoms with Crippen LogP contribution in [0.2, 0.25) is 0 Å². The maximum Gasteiger partial charge on any atom is 0.119 e. The second-order valence-electron chi connectivity index (χ2n) is 4.05. The Bertz CT molecular complexity index is 315. The second-order valence-corrected chi connectivity index (χ2v) is 4.05. The zero-order valence-corrected chi connectivity index (χ0v) is 10.3. The van der Waals surface area contributed by atoms with Crippen molar-refractivity contribution < 1.29 is 9.84 Å². The highest BCUT2D eigenvalue weighted by Gasteiger charge is 2.10. The number of methoxy groups -OCH3 is 1. The molecule has 0 radical (unpaired) electrons. The predicted molar refractivity (Wildman–Crippen MR) is 65.7 cm³/mol. The number of rotatable bonds is 6. The summed E-state index contributed by atoms with van der Waals surface area (Å²) in [5.74, 6) is 0.787. The molecule has 1 aromatic carbocycles. The first-order valence-electron chi connectivity index (χ1n) is 5.68. The lowest BCUT2D eigenvalue weighted by molar-refractivity contribution is 0.126. The molecule has 0 heterocycles. The molecule has 0 aliphatic rings. The molecule has 0 bridgehead atoms. The number of nitrogens with zero attached hydrogens (tertiary/aromatic N) is 1. The van der Waals surface area contributed by atoms with E-state index in [1.165, 1.54) is 0 Å². The molecule has 0 spiro atoms. The van der Waals surface area contributed by atoms with E-state index in [0.717, 1.165) is 24.3 Å². The van der Waals surface area contributed by atoms with Gasteiger partial charge in [0.1, 0.15) is 5.75 Å². The Kier molecular flexibility index (Phi) is 5.29. The van der Waals surface area contributed by atoms with E-state index in [4.69, 9.17) is 4.74 Å². The van der Waals surface area contributed by atoms with Gasteiger partial charge >= 0.3 is 0 Å². The first-order valence-corrected chi connectivity index (χ1v) is 5.68. The van der Waals surface area contributed by atoms with Crippen molar-refractivity contribution in [2.45, 2.75) is 19.4 Å². The maximum absolute atomic E-state index is 10.0. The van der Waals surface area contributed by atoms with Crippen LogP contribution in [0.25, 0.3) is 0 Å². The second kappa shape index (κ2) is 6.51. The topological polar surface area (TPSA) is 32.7 Å². The minimum atomic E-state index is -0.452. The van der Waals surface area contributed by atoms with Gasteiger partial charge in [-0.25, -0.2) is 0 Å². The molecule has 1 atom stereocenters. The summed E-state index contributed by atoms with van der Waals surface area (Å²) in [5.41, 5.74) is 0.905. The average Bonchev–Trinajstić information content (AvgIpc) is 2.29. The number of hydrogen-bond donors (Lipinski definition) is 1. The zero-order chi connectivity index (χ0) is 12.0. The Morgan fingerprint density at radius 1 is 1.44 bits per heavy atom. The summed E-state index contributed by atoms with van der Waals surface area (Å²) in [7, 11) is 3.65. The average molecular weight is 223 g/mol. The highest BCUT2D eigenvalue weighted by atomic mass is 16.5. The van der Waals surface area contributed by atoms with Crippen molar-refractivity contribution in [3.63, 3.8) is 0 Å². The van der Waals surface area contributed by atoms with E-state index in [9.17, 15) is 5.11 Å². The molecule has 0 aliphatic heterocycles. The first-order chi connectivity index (χ1) is 7.67. The fraction of sp³-hybridized carbons (Fsp3) is 0.538. The quantitative estimate of drug-likeness (QED) is 0.801. The Morgan fingerprint density at radius 3 is 2.81 bits per heavy atom. The van der Waals surface area contributed by atoms with E-state index < -0.39 is 6.10 Å². The lowest BCUT2D eigenvalue weighted by Crippen LogP contribution is -2.25. The SMILES string of the molecule is CCCN(C)CC(O)c1cccc(OC)c1. The molecular weight excluding hydrogens is 202 g/mol. The van der Waals surface area contributed by atoms with E-state index >= 15 is 0 Å². The molecule has 16 heavy (non-hydrogen) atoms. The molecule has 90 valence electrons. The lowest BCUT2D eigenvalue weighted by atomic mass is 10.1. The first kappa shape index (κ1) is 13.0. The Morgan fingerprint density at radius 2 is 2.19 bits per heavy atom. The third kappa shape index (κ3) is 3.83. The highest BCUT2D eigenvalue weighted by Crippen LogP contribution is 2.19. The van der Waals surface area contributed by atoms with Gasteiger partial charge in [0.2, 0.25) is 0 Å². The van der Waals surface area contributed by atoms with E-state index in [1.807, 2.05) is 31.3 Å². The number of benzene rings is 1. The lowest BCUT2D eigenvalue weighted by Gasteiger charge is -2.20. The largest absolute Gasteiger partial charge is 0.497 e. The fourth-order valence-electron chi connectivity index (χ4n) is 1.72. The van der Waals surface area contributed by atoms with Crippen LogP contribution in [-0.4, -0.2) is 37.3 Å². The monoisotopic (exact) mass is 223 g/mol. The van der Waals surface area contributed by atoms with Gasteiger partial charge in [-0.05, 0) is 37.7 Å². The van der Waals surface area contributed by atoms with Crippen LogP contribution in [0.15, 0.2) is 24.3 Å². The molecule has 0 saturated heterocycles. The van der Waals surface area contributed by atoms with Crippen molar-refractivity contribution in [1.29, 1.82) is 0 Å². The molecule has 1 unspecified atom stereocenters. The summed E-state index contributed by atoms with van der Waals surface area (Å²) in [4.78, 5) is 2.13. The summed E-state index contributed by atoms with van der Waals surface area (Å²) < 4.78 is 5.13. The van der Waals surface area contributed by atoms with E-state index in [-0.39, 0.29) is 0 Å². The molecule has 1 aromatic rings. The molecular formula is C13H21NO2. The molecule has 0 saturated carbocycles. The molecule has 1 rings (SSSR count). The minimum absolute atomic E-state index is 0.452. The van der Waals surface area contributed by atoms with Gasteiger partial charge in [0.05, 0.1) is 13.2 Å². The van der Waals surface area contributed by atoms with Crippen LogP contribution in [0.5, 0.6) is 5.75 Å². The summed E-state index contributed by atoms with van der Waals surface area (Å²) >= 11 is 0. The van der Waals surface area contributed by atoms with Gasteiger partial charge in [-0.3, -0.25) is 0 Å². The van der Waals surface area contributed by atoms with Crippen molar-refractivity contribution in [2.24, 2.45) is 0 Å². The van der Waals surface area contributed by atoms with Crippen molar-refractivity contribution in [3.05, 3.63) is 29.8 Å². The van der Waals surface area contributed by atoms with E-state index in [1.54, 1.807) is 7.11 Å². The van der Waals surface area contributed by atoms with Gasteiger partial charge in [0.15, 0.2) is 0 Å². The molecule has 0 aromatic heterocycles. The smallest absolute Gasteiger partial charge is 0.119 e. The fourth-order valence-corrected chi connectivity index (χ4v) is 1.72. The number of ether oxygens (including phenoxy) is 1. The molecule has 3 nitrogen and oxygen atoms in total. The van der Waals surface area contributed by atoms with E-state index in [2.05, 4.69) is 11.8 Å². The van der Waals surface area contributed by atoms with Crippen LogP contribution < -0.4 is 4.74 Å². The Balaban J connectivity index is 2.61. The van der Waals surface area contributed by atoms with Crippen molar-refractivity contribution in [2.75, 3.05) is 27.2 Å². The number of aliphatic hydroxyl groups excluding tert-OH is 1. The number of aliphatic hydroxyl groups is 1. The Labute approximate surface area is 97.7 Å². The van der Waals surface area contributed by atoms with Crippen molar-refractivity contribution in [3.8, 4) is 5.75 Å². The minimum Gasteiger partial charge on any atom is -0.497 e. The van der Waals surface area contributed by atoms with Crippen LogP contribution in [0.3, 0.4) is 0 Å². The highest BCUT2D eigenvalue weighted by molar-refractivity contribution is 5.29. The molecule has 0 fully saturated rings. The molecule has 3 heteroatoms. The predicted octanol–water partition coefficient (Wildman–Crippen LogP) is 2.07. The van der Waals surface area contributed by atoms with Crippen LogP contribution in [0.1, 0.15) is 25.0 Å². The third-order valence-electron chi connectivity index (χ3n) is 2.57. The van der Waals surface area contributed by atoms with Crippen LogP contribution in [0.4, 0.5) is 0 Å². The van der Waals surface area contributed by atoms with Gasteiger partial charge in [0, 0.05) is 6.54 Å². The van der Waals surface area contributed by atoms with Gasteiger partial charge in [0.25, 0.3) is 0 Å². The van der Waals surface area contributed by atoms with Crippen LogP contribution in [-0.2, 0) is 0 Å². The summed E-state index contributed by atoms with van der Waals surface area (Å²) in [6.45, 7) is 3.79. The summed E-state index contributed by atoms with van der Waals surface area (Å²) in [6.07, 6.45) is 0.646. The van der Waals surface area contributed by atoms with Gasteiger partial charge in [-0.15, -0.1) is 0 Å². The van der Waals surface area contributed by atoms with Crippen LogP contribution in [0, 0.1) is 0 Å². The third-order valence-corrected chi connectivity index (χ3v) is 2.57. The maximum atomic E-state index is 10.0. The summed E-state index contributed by atoms with van der Waals surface area (Å²) in [5, 5.41) is 10.0. The number of hydrogen-bond acceptors (Lipinski definition) is 3. The molecule has 0 amide bonds. The van der Waals surface area contributed by atoms with Gasteiger partial charge in [-0.2, -0.15) is 0 Å². The summed E-state index contributed by atoms with van der Waals surface area (Å²) in [6, 6.07) is 7.58. The Hall–Kier alpha value is -1.06. The van der Waals surface area contributed by atoms with Gasteiger partial charge in [-0.1, -0.05) is 19.1 Å². The zero-order valence-electron chi connectivity index (χ0n) is 10.3. The number of likely N-dealkylation sites (N-methyl/N-ethyl adjacent to an activating group) is 1. The van der Waals surface area contributed by atoms with Crippen molar-refractivity contribution in [1.82, 2.24) is 4.90 Å². The molecule has 1 N–H and O–H groups in total. The molecule has 0 aliphatic carbocycles. The van der Waals surface area contributed by atoms with Crippen molar-refractivity contribution >= 4 is 0 Å².